The van der Waals surface area contributed by atoms with Crippen LogP contribution in [0.5, 0.6) is 5.75 Å². The van der Waals surface area contributed by atoms with Crippen molar-refractivity contribution >= 4 is 0 Å². The van der Waals surface area contributed by atoms with E-state index in [1.807, 2.05) is 11.7 Å². The van der Waals surface area contributed by atoms with Gasteiger partial charge in [-0.3, -0.25) is 4.68 Å². The fraction of sp³-hybridized carbons (Fsp3) is 0.750. The topological polar surface area (TPSA) is 39.1 Å². The van der Waals surface area contributed by atoms with Crippen molar-refractivity contribution < 1.29 is 4.74 Å². The molecule has 0 aliphatic heterocycles. The summed E-state index contributed by atoms with van der Waals surface area (Å²) in [6.45, 7) is 7.57. The summed E-state index contributed by atoms with van der Waals surface area (Å²) in [5.41, 5.74) is 1.17. The molecule has 1 aromatic heterocycles. The van der Waals surface area contributed by atoms with E-state index < -0.39 is 0 Å². The van der Waals surface area contributed by atoms with E-state index >= 15 is 0 Å². The Bertz CT molecular complexity index is 322. The van der Waals surface area contributed by atoms with E-state index in [-0.39, 0.29) is 0 Å². The van der Waals surface area contributed by atoms with Crippen LogP contribution in [0.15, 0.2) is 6.20 Å². The largest absolute Gasteiger partial charge is 0.493 e. The first-order chi connectivity index (χ1) is 7.60. The molecule has 1 rings (SSSR count). The Hall–Kier alpha value is -1.03. The van der Waals surface area contributed by atoms with Gasteiger partial charge < -0.3 is 10.1 Å². The van der Waals surface area contributed by atoms with E-state index in [9.17, 15) is 0 Å². The van der Waals surface area contributed by atoms with Crippen molar-refractivity contribution in [3.05, 3.63) is 11.9 Å². The molecular weight excluding hydrogens is 202 g/mol. The van der Waals surface area contributed by atoms with Crippen LogP contribution in [-0.4, -0.2) is 29.5 Å². The summed E-state index contributed by atoms with van der Waals surface area (Å²) >= 11 is 0. The lowest BCUT2D eigenvalue weighted by atomic mass is 9.98. The number of nitrogens with zero attached hydrogens (tertiary/aromatic N) is 2. The molecule has 0 fully saturated rings. The average Bonchev–Trinajstić information content (AvgIpc) is 2.59. The highest BCUT2D eigenvalue weighted by molar-refractivity contribution is 5.28. The van der Waals surface area contributed by atoms with Gasteiger partial charge in [0.1, 0.15) is 0 Å². The molecule has 0 aliphatic carbocycles. The summed E-state index contributed by atoms with van der Waals surface area (Å²) in [7, 11) is 3.66. The minimum absolute atomic E-state index is 0.441. The second-order valence-corrected chi connectivity index (χ2v) is 4.32. The Morgan fingerprint density at radius 3 is 2.75 bits per heavy atom. The highest BCUT2D eigenvalue weighted by Gasteiger charge is 2.18. The number of ether oxygens (including phenoxy) is 1. The molecule has 0 aromatic carbocycles. The highest BCUT2D eigenvalue weighted by Crippen LogP contribution is 2.28. The van der Waals surface area contributed by atoms with Crippen molar-refractivity contribution in [2.75, 3.05) is 13.7 Å². The van der Waals surface area contributed by atoms with E-state index in [0.29, 0.717) is 12.0 Å². The smallest absolute Gasteiger partial charge is 0.160 e. The lowest BCUT2D eigenvalue weighted by Gasteiger charge is -2.19. The number of methoxy groups -OCH3 is 1. The summed E-state index contributed by atoms with van der Waals surface area (Å²) in [6.07, 6.45) is 2.87. The number of hydrogen-bond acceptors (Lipinski definition) is 3. The maximum absolute atomic E-state index is 5.33. The zero-order valence-corrected chi connectivity index (χ0v) is 10.9. The van der Waals surface area contributed by atoms with Crippen LogP contribution in [0, 0.1) is 0 Å². The first-order valence-corrected chi connectivity index (χ1v) is 5.89. The molecule has 0 saturated carbocycles. The number of aromatic nitrogens is 2. The molecule has 1 N–H and O–H groups in total. The van der Waals surface area contributed by atoms with Gasteiger partial charge in [0.2, 0.25) is 0 Å². The predicted octanol–water partition coefficient (Wildman–Crippen LogP) is 1.92. The average molecular weight is 225 g/mol. The SMILES string of the molecule is CCNC(C)CC(C)c1c(OC)cnn1C. The molecule has 0 spiro atoms. The predicted molar refractivity (Wildman–Crippen MR) is 65.9 cm³/mol. The van der Waals surface area contributed by atoms with Crippen molar-refractivity contribution in [3.8, 4) is 5.75 Å². The molecule has 0 amide bonds. The molecular formula is C12H23N3O. The minimum atomic E-state index is 0.441. The third kappa shape index (κ3) is 2.98. The van der Waals surface area contributed by atoms with Crippen LogP contribution in [0.1, 0.15) is 38.8 Å². The van der Waals surface area contributed by atoms with Crippen molar-refractivity contribution in [1.82, 2.24) is 15.1 Å². The van der Waals surface area contributed by atoms with Crippen molar-refractivity contribution in [1.29, 1.82) is 0 Å². The molecule has 92 valence electrons. The van der Waals surface area contributed by atoms with Gasteiger partial charge in [0.05, 0.1) is 19.0 Å². The number of nitrogens with one attached hydrogen (secondary N) is 1. The van der Waals surface area contributed by atoms with Gasteiger partial charge in [0, 0.05) is 19.0 Å². The zero-order chi connectivity index (χ0) is 12.1. The third-order valence-corrected chi connectivity index (χ3v) is 2.90. The van der Waals surface area contributed by atoms with Crippen LogP contribution in [0.4, 0.5) is 0 Å². The van der Waals surface area contributed by atoms with Crippen LogP contribution in [0.2, 0.25) is 0 Å². The van der Waals surface area contributed by atoms with Gasteiger partial charge in [-0.25, -0.2) is 0 Å². The van der Waals surface area contributed by atoms with E-state index in [1.165, 1.54) is 5.69 Å². The molecule has 4 heteroatoms. The van der Waals surface area contributed by atoms with Crippen LogP contribution < -0.4 is 10.1 Å². The molecule has 0 radical (unpaired) electrons. The fourth-order valence-corrected chi connectivity index (χ4v) is 2.22. The Morgan fingerprint density at radius 2 is 2.19 bits per heavy atom. The summed E-state index contributed by atoms with van der Waals surface area (Å²) in [4.78, 5) is 0. The minimum Gasteiger partial charge on any atom is -0.493 e. The molecule has 1 heterocycles. The van der Waals surface area contributed by atoms with Crippen LogP contribution in [0.25, 0.3) is 0 Å². The Kier molecular flexibility index (Phi) is 4.80. The van der Waals surface area contributed by atoms with Gasteiger partial charge in [-0.05, 0) is 19.9 Å². The van der Waals surface area contributed by atoms with Gasteiger partial charge in [0.15, 0.2) is 5.75 Å². The zero-order valence-electron chi connectivity index (χ0n) is 10.9. The van der Waals surface area contributed by atoms with Crippen LogP contribution in [-0.2, 0) is 7.05 Å². The number of hydrogen-bond donors (Lipinski definition) is 1. The molecule has 0 aliphatic rings. The summed E-state index contributed by atoms with van der Waals surface area (Å²) in [5.74, 6) is 1.33. The first-order valence-electron chi connectivity index (χ1n) is 5.89. The van der Waals surface area contributed by atoms with Crippen molar-refractivity contribution in [2.45, 2.75) is 39.2 Å². The summed E-state index contributed by atoms with van der Waals surface area (Å²) in [6, 6.07) is 0.514. The van der Waals surface area contributed by atoms with Gasteiger partial charge in [-0.1, -0.05) is 13.8 Å². The fourth-order valence-electron chi connectivity index (χ4n) is 2.22. The lowest BCUT2D eigenvalue weighted by Crippen LogP contribution is -2.27. The van der Waals surface area contributed by atoms with Gasteiger partial charge in [0.25, 0.3) is 0 Å². The molecule has 2 unspecified atom stereocenters. The quantitative estimate of drug-likeness (QED) is 0.804. The molecule has 1 aromatic rings. The molecule has 0 saturated heterocycles. The molecule has 4 nitrogen and oxygen atoms in total. The van der Waals surface area contributed by atoms with E-state index in [2.05, 4.69) is 31.2 Å². The van der Waals surface area contributed by atoms with Gasteiger partial charge in [-0.15, -0.1) is 0 Å². The summed E-state index contributed by atoms with van der Waals surface area (Å²) < 4.78 is 7.23. The Morgan fingerprint density at radius 1 is 1.50 bits per heavy atom. The maximum Gasteiger partial charge on any atom is 0.160 e. The lowest BCUT2D eigenvalue weighted by molar-refractivity contribution is 0.396. The van der Waals surface area contributed by atoms with Gasteiger partial charge >= 0.3 is 0 Å². The van der Waals surface area contributed by atoms with E-state index in [4.69, 9.17) is 4.74 Å². The van der Waals surface area contributed by atoms with Crippen LogP contribution >= 0.6 is 0 Å². The molecule has 2 atom stereocenters. The molecule has 16 heavy (non-hydrogen) atoms. The second kappa shape index (κ2) is 5.89. The highest BCUT2D eigenvalue weighted by atomic mass is 16.5. The second-order valence-electron chi connectivity index (χ2n) is 4.32. The Labute approximate surface area is 98.0 Å². The van der Waals surface area contributed by atoms with Crippen molar-refractivity contribution in [2.24, 2.45) is 7.05 Å². The maximum atomic E-state index is 5.33. The standard InChI is InChI=1S/C12H23N3O/c1-6-13-10(3)7-9(2)12-11(16-5)8-14-15(12)4/h8-10,13H,6-7H2,1-5H3. The number of aryl methyl sites for hydroxylation is 1. The van der Waals surface area contributed by atoms with Crippen molar-refractivity contribution in [3.63, 3.8) is 0 Å². The monoisotopic (exact) mass is 225 g/mol. The summed E-state index contributed by atoms with van der Waals surface area (Å²) in [5, 5.41) is 7.66. The third-order valence-electron chi connectivity index (χ3n) is 2.90. The normalized spacial score (nSPS) is 14.8. The van der Waals surface area contributed by atoms with E-state index in [0.717, 1.165) is 18.7 Å². The first kappa shape index (κ1) is 13.0. The van der Waals surface area contributed by atoms with Crippen LogP contribution in [0.3, 0.4) is 0 Å². The van der Waals surface area contributed by atoms with Gasteiger partial charge in [-0.2, -0.15) is 5.10 Å². The number of rotatable bonds is 6. The molecule has 0 bridgehead atoms. The van der Waals surface area contributed by atoms with E-state index in [1.54, 1.807) is 13.3 Å². The Balaban J connectivity index is 2.71.